The van der Waals surface area contributed by atoms with E-state index in [1.54, 1.807) is 36.0 Å². The average Bonchev–Trinajstić information content (AvgIpc) is 2.63. The monoisotopic (exact) mass is 335 g/mol. The Hall–Kier alpha value is -2.72. The number of carbonyl (C=O) groups excluding carboxylic acids is 1. The highest BCUT2D eigenvalue weighted by atomic mass is 32.2. The summed E-state index contributed by atoms with van der Waals surface area (Å²) in [5.74, 6) is 1.33. The number of nitrogens with one attached hydrogen (secondary N) is 1. The third kappa shape index (κ3) is 3.97. The molecule has 24 heavy (non-hydrogen) atoms. The molecular formula is C20H17NO2S. The van der Waals surface area contributed by atoms with Crippen LogP contribution in [0.4, 0.5) is 5.69 Å². The molecule has 3 aromatic rings. The molecule has 0 spiro atoms. The van der Waals surface area contributed by atoms with Crippen molar-refractivity contribution in [1.29, 1.82) is 0 Å². The van der Waals surface area contributed by atoms with Crippen molar-refractivity contribution in [3.63, 3.8) is 0 Å². The molecule has 0 aliphatic heterocycles. The van der Waals surface area contributed by atoms with E-state index in [4.69, 9.17) is 4.74 Å². The summed E-state index contributed by atoms with van der Waals surface area (Å²) in [6, 6.07) is 24.4. The summed E-state index contributed by atoms with van der Waals surface area (Å²) < 4.78 is 5.73. The van der Waals surface area contributed by atoms with Gasteiger partial charge in [0.15, 0.2) is 0 Å². The maximum atomic E-state index is 12.4. The van der Waals surface area contributed by atoms with Gasteiger partial charge in [-0.2, -0.15) is 0 Å². The standard InChI is InChI=1S/C20H17NO2S/c1-24-19-10-6-5-9-18(19)21-20(22)15-11-13-17(14-12-15)23-16-7-3-2-4-8-16/h2-14H,1H3,(H,21,22). The second kappa shape index (κ2) is 7.70. The van der Waals surface area contributed by atoms with Crippen LogP contribution < -0.4 is 10.1 Å². The molecule has 0 radical (unpaired) electrons. The van der Waals surface area contributed by atoms with Gasteiger partial charge in [0, 0.05) is 10.5 Å². The highest BCUT2D eigenvalue weighted by Crippen LogP contribution is 2.26. The predicted octanol–water partition coefficient (Wildman–Crippen LogP) is 5.45. The normalized spacial score (nSPS) is 10.2. The lowest BCUT2D eigenvalue weighted by Gasteiger charge is -2.10. The zero-order chi connectivity index (χ0) is 16.8. The van der Waals surface area contributed by atoms with Crippen LogP contribution in [0.5, 0.6) is 11.5 Å². The van der Waals surface area contributed by atoms with E-state index < -0.39 is 0 Å². The van der Waals surface area contributed by atoms with E-state index >= 15 is 0 Å². The number of thioether (sulfide) groups is 1. The first-order valence-corrected chi connectivity index (χ1v) is 8.76. The van der Waals surface area contributed by atoms with Gasteiger partial charge >= 0.3 is 0 Å². The molecule has 0 aromatic heterocycles. The molecule has 120 valence electrons. The Morgan fingerprint density at radius 2 is 1.46 bits per heavy atom. The smallest absolute Gasteiger partial charge is 0.255 e. The van der Waals surface area contributed by atoms with Gasteiger partial charge in [-0.25, -0.2) is 0 Å². The maximum absolute atomic E-state index is 12.4. The first kappa shape index (κ1) is 16.1. The van der Waals surface area contributed by atoms with E-state index in [2.05, 4.69) is 5.32 Å². The van der Waals surface area contributed by atoms with Crippen molar-refractivity contribution in [1.82, 2.24) is 0 Å². The maximum Gasteiger partial charge on any atom is 0.255 e. The molecule has 3 aromatic carbocycles. The topological polar surface area (TPSA) is 38.3 Å². The second-order valence-electron chi connectivity index (χ2n) is 5.09. The fourth-order valence-electron chi connectivity index (χ4n) is 2.24. The van der Waals surface area contributed by atoms with E-state index in [0.29, 0.717) is 11.3 Å². The quantitative estimate of drug-likeness (QED) is 0.630. The van der Waals surface area contributed by atoms with Gasteiger partial charge in [-0.1, -0.05) is 30.3 Å². The summed E-state index contributed by atoms with van der Waals surface area (Å²) in [6.07, 6.45) is 1.99. The van der Waals surface area contributed by atoms with Crippen LogP contribution in [0.25, 0.3) is 0 Å². The molecule has 0 aliphatic rings. The molecule has 0 heterocycles. The average molecular weight is 335 g/mol. The fraction of sp³-hybridized carbons (Fsp3) is 0.0500. The summed E-state index contributed by atoms with van der Waals surface area (Å²) in [7, 11) is 0. The van der Waals surface area contributed by atoms with Crippen molar-refractivity contribution < 1.29 is 9.53 Å². The number of ether oxygens (including phenoxy) is 1. The van der Waals surface area contributed by atoms with Crippen molar-refractivity contribution in [3.05, 3.63) is 84.4 Å². The summed E-state index contributed by atoms with van der Waals surface area (Å²) in [5, 5.41) is 2.95. The van der Waals surface area contributed by atoms with Crippen LogP contribution in [0.3, 0.4) is 0 Å². The Kier molecular flexibility index (Phi) is 5.18. The van der Waals surface area contributed by atoms with E-state index in [1.807, 2.05) is 60.9 Å². The van der Waals surface area contributed by atoms with E-state index in [-0.39, 0.29) is 5.91 Å². The molecule has 1 N–H and O–H groups in total. The highest BCUT2D eigenvalue weighted by Gasteiger charge is 2.09. The molecule has 0 atom stereocenters. The van der Waals surface area contributed by atoms with Crippen LogP contribution in [0.1, 0.15) is 10.4 Å². The minimum atomic E-state index is -0.136. The summed E-state index contributed by atoms with van der Waals surface area (Å²) in [5.41, 5.74) is 1.41. The summed E-state index contributed by atoms with van der Waals surface area (Å²) >= 11 is 1.60. The van der Waals surface area contributed by atoms with Crippen molar-refractivity contribution >= 4 is 23.4 Å². The Morgan fingerprint density at radius 3 is 2.17 bits per heavy atom. The molecule has 4 heteroatoms. The van der Waals surface area contributed by atoms with E-state index in [0.717, 1.165) is 16.3 Å². The van der Waals surface area contributed by atoms with Gasteiger partial charge in [-0.15, -0.1) is 11.8 Å². The van der Waals surface area contributed by atoms with Crippen molar-refractivity contribution in [3.8, 4) is 11.5 Å². The number of para-hydroxylation sites is 2. The number of rotatable bonds is 5. The van der Waals surface area contributed by atoms with Crippen molar-refractivity contribution in [2.75, 3.05) is 11.6 Å². The van der Waals surface area contributed by atoms with E-state index in [1.165, 1.54) is 0 Å². The van der Waals surface area contributed by atoms with Crippen LogP contribution in [0.15, 0.2) is 83.8 Å². The lowest BCUT2D eigenvalue weighted by molar-refractivity contribution is 0.102. The van der Waals surface area contributed by atoms with Crippen molar-refractivity contribution in [2.24, 2.45) is 0 Å². The van der Waals surface area contributed by atoms with Crippen LogP contribution in [-0.4, -0.2) is 12.2 Å². The zero-order valence-corrected chi connectivity index (χ0v) is 14.0. The number of benzene rings is 3. The lowest BCUT2D eigenvalue weighted by atomic mass is 10.2. The molecule has 0 saturated carbocycles. The minimum Gasteiger partial charge on any atom is -0.457 e. The zero-order valence-electron chi connectivity index (χ0n) is 13.2. The van der Waals surface area contributed by atoms with Gasteiger partial charge in [-0.05, 0) is 54.8 Å². The number of amides is 1. The van der Waals surface area contributed by atoms with Crippen LogP contribution in [-0.2, 0) is 0 Å². The fourth-order valence-corrected chi connectivity index (χ4v) is 2.79. The number of hydrogen-bond acceptors (Lipinski definition) is 3. The van der Waals surface area contributed by atoms with Crippen molar-refractivity contribution in [2.45, 2.75) is 4.90 Å². The first-order valence-electron chi connectivity index (χ1n) is 7.53. The Balaban J connectivity index is 1.70. The third-order valence-electron chi connectivity index (χ3n) is 3.45. The summed E-state index contributed by atoms with van der Waals surface area (Å²) in [6.45, 7) is 0. The largest absolute Gasteiger partial charge is 0.457 e. The van der Waals surface area contributed by atoms with Gasteiger partial charge in [0.25, 0.3) is 5.91 Å². The number of anilines is 1. The molecule has 0 bridgehead atoms. The first-order chi connectivity index (χ1) is 11.8. The molecule has 3 rings (SSSR count). The van der Waals surface area contributed by atoms with Gasteiger partial charge in [-0.3, -0.25) is 4.79 Å². The van der Waals surface area contributed by atoms with Gasteiger partial charge in [0.2, 0.25) is 0 Å². The predicted molar refractivity (Wildman–Crippen MR) is 99.1 cm³/mol. The highest BCUT2D eigenvalue weighted by molar-refractivity contribution is 7.98. The molecule has 0 fully saturated rings. The number of carbonyl (C=O) groups is 1. The third-order valence-corrected chi connectivity index (χ3v) is 4.25. The molecule has 3 nitrogen and oxygen atoms in total. The Labute approximate surface area is 145 Å². The second-order valence-corrected chi connectivity index (χ2v) is 5.94. The van der Waals surface area contributed by atoms with Crippen LogP contribution in [0.2, 0.25) is 0 Å². The molecular weight excluding hydrogens is 318 g/mol. The molecule has 0 unspecified atom stereocenters. The van der Waals surface area contributed by atoms with E-state index in [9.17, 15) is 4.79 Å². The Bertz CT molecular complexity index is 817. The summed E-state index contributed by atoms with van der Waals surface area (Å²) in [4.78, 5) is 13.4. The molecule has 0 aliphatic carbocycles. The lowest BCUT2D eigenvalue weighted by Crippen LogP contribution is -2.12. The van der Waals surface area contributed by atoms with Gasteiger partial charge in [0.1, 0.15) is 11.5 Å². The minimum absolute atomic E-state index is 0.136. The van der Waals surface area contributed by atoms with Crippen LogP contribution >= 0.6 is 11.8 Å². The Morgan fingerprint density at radius 1 is 0.833 bits per heavy atom. The number of hydrogen-bond donors (Lipinski definition) is 1. The van der Waals surface area contributed by atoms with Gasteiger partial charge < -0.3 is 10.1 Å². The van der Waals surface area contributed by atoms with Crippen LogP contribution in [0, 0.1) is 0 Å². The van der Waals surface area contributed by atoms with Gasteiger partial charge in [0.05, 0.1) is 5.69 Å². The molecule has 0 saturated heterocycles. The SMILES string of the molecule is CSc1ccccc1NC(=O)c1ccc(Oc2ccccc2)cc1. The molecule has 1 amide bonds.